The summed E-state index contributed by atoms with van der Waals surface area (Å²) in [6.45, 7) is 2.00. The van der Waals surface area contributed by atoms with Crippen molar-refractivity contribution in [3.8, 4) is 0 Å². The van der Waals surface area contributed by atoms with Crippen LogP contribution in [-0.4, -0.2) is 25.4 Å². The predicted molar refractivity (Wildman–Crippen MR) is 44.6 cm³/mol. The molecule has 2 aliphatic rings. The van der Waals surface area contributed by atoms with Gasteiger partial charge in [-0.3, -0.25) is 0 Å². The van der Waals surface area contributed by atoms with E-state index in [1.165, 1.54) is 0 Å². The summed E-state index contributed by atoms with van der Waals surface area (Å²) >= 11 is 0. The Morgan fingerprint density at radius 2 is 2.50 bits per heavy atom. The molecule has 1 unspecified atom stereocenters. The van der Waals surface area contributed by atoms with Gasteiger partial charge in [0.05, 0.1) is 6.61 Å². The Balaban J connectivity index is 2.07. The van der Waals surface area contributed by atoms with Crippen molar-refractivity contribution in [3.63, 3.8) is 0 Å². The quantitative estimate of drug-likeness (QED) is 0.643. The molecule has 12 heavy (non-hydrogen) atoms. The molecular weight excluding hydrogens is 157 g/mol. The molecule has 1 fully saturated rings. The monoisotopic (exact) mass is 171 g/mol. The van der Waals surface area contributed by atoms with E-state index in [1.54, 1.807) is 0 Å². The number of halogens is 1. The number of hydrogen-bond donors (Lipinski definition) is 1. The third kappa shape index (κ3) is 1.33. The van der Waals surface area contributed by atoms with E-state index >= 15 is 0 Å². The van der Waals surface area contributed by atoms with Crippen LogP contribution in [0.25, 0.3) is 0 Å². The summed E-state index contributed by atoms with van der Waals surface area (Å²) in [4.78, 5) is 0. The molecular formula is C9H14FNO. The molecule has 0 aliphatic carbocycles. The second-order valence-electron chi connectivity index (χ2n) is 3.45. The van der Waals surface area contributed by atoms with Crippen LogP contribution in [0.1, 0.15) is 19.3 Å². The fraction of sp³-hybridized carbons (Fsp3) is 0.778. The third-order valence-electron chi connectivity index (χ3n) is 2.48. The summed E-state index contributed by atoms with van der Waals surface area (Å²) in [5.41, 5.74) is -1.21. The lowest BCUT2D eigenvalue weighted by Gasteiger charge is -2.30. The van der Waals surface area contributed by atoms with Gasteiger partial charge in [0.2, 0.25) is 0 Å². The minimum absolute atomic E-state index is 0.416. The minimum atomic E-state index is -1.21. The second-order valence-corrected chi connectivity index (χ2v) is 3.45. The molecule has 2 heterocycles. The van der Waals surface area contributed by atoms with E-state index in [-0.39, 0.29) is 0 Å². The normalized spacial score (nSPS) is 35.9. The summed E-state index contributed by atoms with van der Waals surface area (Å²) in [6.07, 6.45) is 4.25. The van der Waals surface area contributed by atoms with Crippen LogP contribution < -0.4 is 5.32 Å². The maximum atomic E-state index is 14.0. The van der Waals surface area contributed by atoms with E-state index < -0.39 is 5.67 Å². The maximum Gasteiger partial charge on any atom is 0.179 e. The molecule has 1 saturated heterocycles. The highest BCUT2D eigenvalue weighted by Crippen LogP contribution is 2.32. The van der Waals surface area contributed by atoms with Crippen molar-refractivity contribution in [2.75, 3.05) is 19.7 Å². The minimum Gasteiger partial charge on any atom is -0.494 e. The van der Waals surface area contributed by atoms with Gasteiger partial charge < -0.3 is 10.1 Å². The zero-order valence-electron chi connectivity index (χ0n) is 7.11. The van der Waals surface area contributed by atoms with Crippen LogP contribution in [0.4, 0.5) is 4.39 Å². The standard InChI is InChI=1S/C9H14FNO/c10-9(4-2-5-11-7-9)8-3-1-6-12-8/h3,11H,1-2,4-7H2. The zero-order valence-corrected chi connectivity index (χ0v) is 7.11. The van der Waals surface area contributed by atoms with Gasteiger partial charge in [-0.1, -0.05) is 0 Å². The molecule has 3 heteroatoms. The number of rotatable bonds is 1. The Bertz CT molecular complexity index is 197. The Labute approximate surface area is 71.8 Å². The molecule has 0 radical (unpaired) electrons. The average molecular weight is 171 g/mol. The molecule has 2 nitrogen and oxygen atoms in total. The van der Waals surface area contributed by atoms with E-state index in [2.05, 4.69) is 5.32 Å². The fourth-order valence-electron chi connectivity index (χ4n) is 1.81. The first-order valence-electron chi connectivity index (χ1n) is 4.54. The van der Waals surface area contributed by atoms with E-state index in [4.69, 9.17) is 4.74 Å². The summed E-state index contributed by atoms with van der Waals surface area (Å²) in [5.74, 6) is 0.565. The van der Waals surface area contributed by atoms with Crippen LogP contribution in [0, 0.1) is 0 Å². The molecule has 68 valence electrons. The van der Waals surface area contributed by atoms with E-state index in [0.29, 0.717) is 25.3 Å². The van der Waals surface area contributed by atoms with Gasteiger partial charge in [-0.25, -0.2) is 4.39 Å². The molecule has 0 aromatic heterocycles. The maximum absolute atomic E-state index is 14.0. The van der Waals surface area contributed by atoms with Crippen LogP contribution in [-0.2, 0) is 4.74 Å². The van der Waals surface area contributed by atoms with Crippen molar-refractivity contribution in [2.24, 2.45) is 0 Å². The Morgan fingerprint density at radius 1 is 1.58 bits per heavy atom. The van der Waals surface area contributed by atoms with Gasteiger partial charge in [-0.05, 0) is 25.5 Å². The van der Waals surface area contributed by atoms with Gasteiger partial charge in [0.15, 0.2) is 5.67 Å². The van der Waals surface area contributed by atoms with Crippen LogP contribution >= 0.6 is 0 Å². The summed E-state index contributed by atoms with van der Waals surface area (Å²) < 4.78 is 19.3. The number of ether oxygens (including phenoxy) is 1. The van der Waals surface area contributed by atoms with Crippen LogP contribution in [0.3, 0.4) is 0 Å². The topological polar surface area (TPSA) is 21.3 Å². The molecule has 0 saturated carbocycles. The molecule has 0 aromatic rings. The molecule has 0 amide bonds. The van der Waals surface area contributed by atoms with Crippen LogP contribution in [0.15, 0.2) is 11.8 Å². The lowest BCUT2D eigenvalue weighted by atomic mass is 9.94. The highest BCUT2D eigenvalue weighted by molar-refractivity contribution is 5.15. The first-order chi connectivity index (χ1) is 5.81. The molecule has 0 bridgehead atoms. The molecule has 0 spiro atoms. The van der Waals surface area contributed by atoms with Crippen molar-refractivity contribution in [2.45, 2.75) is 24.9 Å². The largest absolute Gasteiger partial charge is 0.494 e. The SMILES string of the molecule is FC1(C2=CCCO2)CCCNC1. The van der Waals surface area contributed by atoms with Crippen molar-refractivity contribution < 1.29 is 9.13 Å². The Morgan fingerprint density at radius 3 is 3.08 bits per heavy atom. The lowest BCUT2D eigenvalue weighted by molar-refractivity contribution is 0.0788. The van der Waals surface area contributed by atoms with E-state index in [9.17, 15) is 4.39 Å². The highest BCUT2D eigenvalue weighted by Gasteiger charge is 2.38. The second kappa shape index (κ2) is 3.05. The van der Waals surface area contributed by atoms with Crippen molar-refractivity contribution in [1.82, 2.24) is 5.32 Å². The van der Waals surface area contributed by atoms with Crippen molar-refractivity contribution >= 4 is 0 Å². The van der Waals surface area contributed by atoms with Gasteiger partial charge in [0.25, 0.3) is 0 Å². The third-order valence-corrected chi connectivity index (χ3v) is 2.48. The first kappa shape index (κ1) is 8.05. The van der Waals surface area contributed by atoms with E-state index in [0.717, 1.165) is 19.4 Å². The Hall–Kier alpha value is -0.570. The number of hydrogen-bond acceptors (Lipinski definition) is 2. The van der Waals surface area contributed by atoms with Crippen LogP contribution in [0.5, 0.6) is 0 Å². The fourth-order valence-corrected chi connectivity index (χ4v) is 1.81. The van der Waals surface area contributed by atoms with E-state index in [1.807, 2.05) is 6.08 Å². The van der Waals surface area contributed by atoms with Gasteiger partial charge in [0.1, 0.15) is 5.76 Å². The Kier molecular flexibility index (Phi) is 2.05. The molecule has 1 N–H and O–H groups in total. The smallest absolute Gasteiger partial charge is 0.179 e. The van der Waals surface area contributed by atoms with Crippen LogP contribution in [0.2, 0.25) is 0 Å². The molecule has 1 atom stereocenters. The number of nitrogens with one attached hydrogen (secondary N) is 1. The zero-order chi connectivity index (χ0) is 8.44. The van der Waals surface area contributed by atoms with Gasteiger partial charge in [0, 0.05) is 13.0 Å². The molecule has 2 aliphatic heterocycles. The summed E-state index contributed by atoms with van der Waals surface area (Å²) in [7, 11) is 0. The average Bonchev–Trinajstić information content (AvgIpc) is 2.58. The number of alkyl halides is 1. The predicted octanol–water partition coefficient (Wildman–Crippen LogP) is 1.38. The summed E-state index contributed by atoms with van der Waals surface area (Å²) in [6, 6.07) is 0. The molecule has 0 aromatic carbocycles. The number of piperidine rings is 1. The molecule has 2 rings (SSSR count). The van der Waals surface area contributed by atoms with Gasteiger partial charge >= 0.3 is 0 Å². The first-order valence-corrected chi connectivity index (χ1v) is 4.54. The van der Waals surface area contributed by atoms with Gasteiger partial charge in [-0.2, -0.15) is 0 Å². The lowest BCUT2D eigenvalue weighted by Crippen LogP contribution is -2.43. The van der Waals surface area contributed by atoms with Crippen molar-refractivity contribution in [3.05, 3.63) is 11.8 Å². The highest BCUT2D eigenvalue weighted by atomic mass is 19.1. The summed E-state index contributed by atoms with van der Waals surface area (Å²) in [5, 5.41) is 3.06. The van der Waals surface area contributed by atoms with Crippen molar-refractivity contribution in [1.29, 1.82) is 0 Å². The van der Waals surface area contributed by atoms with Gasteiger partial charge in [-0.15, -0.1) is 0 Å².